The van der Waals surface area contributed by atoms with Crippen molar-refractivity contribution < 1.29 is 19.0 Å². The maximum Gasteiger partial charge on any atom is 0.231 e. The fraction of sp³-hybridized carbons (Fsp3) is 0.188. The number of rotatable bonds is 4. The monoisotopic (exact) mass is 270 g/mol. The molecular weight excluding hydrogens is 256 g/mol. The number of benzene rings is 2. The summed E-state index contributed by atoms with van der Waals surface area (Å²) in [5, 5.41) is 0. The number of hydrogen-bond donors (Lipinski definition) is 0. The summed E-state index contributed by atoms with van der Waals surface area (Å²) in [5.74, 6) is 2.25. The van der Waals surface area contributed by atoms with Gasteiger partial charge >= 0.3 is 0 Å². The predicted molar refractivity (Wildman–Crippen MR) is 73.5 cm³/mol. The lowest BCUT2D eigenvalue weighted by molar-refractivity contribution is 0.112. The van der Waals surface area contributed by atoms with Crippen LogP contribution < -0.4 is 14.2 Å². The van der Waals surface area contributed by atoms with Gasteiger partial charge in [-0.05, 0) is 48.4 Å². The molecule has 4 nitrogen and oxygen atoms in total. The van der Waals surface area contributed by atoms with E-state index in [-0.39, 0.29) is 6.79 Å². The summed E-state index contributed by atoms with van der Waals surface area (Å²) in [6.45, 7) is 2.60. The molecule has 102 valence electrons. The Kier molecular flexibility index (Phi) is 3.29. The quantitative estimate of drug-likeness (QED) is 0.801. The van der Waals surface area contributed by atoms with Crippen molar-refractivity contribution in [2.45, 2.75) is 13.5 Å². The van der Waals surface area contributed by atoms with Crippen LogP contribution in [0.25, 0.3) is 0 Å². The Morgan fingerprint density at radius 2 is 2.00 bits per heavy atom. The van der Waals surface area contributed by atoms with E-state index in [2.05, 4.69) is 0 Å². The summed E-state index contributed by atoms with van der Waals surface area (Å²) in [4.78, 5) is 10.8. The minimum atomic E-state index is 0.270. The number of ether oxygens (including phenoxy) is 3. The maximum absolute atomic E-state index is 10.8. The van der Waals surface area contributed by atoms with Crippen molar-refractivity contribution in [2.24, 2.45) is 0 Å². The zero-order chi connectivity index (χ0) is 13.9. The lowest BCUT2D eigenvalue weighted by Crippen LogP contribution is -1.97. The highest BCUT2D eigenvalue weighted by Crippen LogP contribution is 2.32. The molecule has 0 fully saturated rings. The predicted octanol–water partition coefficient (Wildman–Crippen LogP) is 3.12. The Morgan fingerprint density at radius 3 is 2.80 bits per heavy atom. The van der Waals surface area contributed by atoms with Crippen LogP contribution >= 0.6 is 0 Å². The normalized spacial score (nSPS) is 12.2. The van der Waals surface area contributed by atoms with Crippen molar-refractivity contribution in [1.29, 1.82) is 0 Å². The number of carbonyl (C=O) groups is 1. The third-order valence-corrected chi connectivity index (χ3v) is 3.21. The van der Waals surface area contributed by atoms with Crippen molar-refractivity contribution in [3.8, 4) is 17.2 Å². The van der Waals surface area contributed by atoms with E-state index in [4.69, 9.17) is 14.2 Å². The Hall–Kier alpha value is -2.49. The Morgan fingerprint density at radius 1 is 1.15 bits per heavy atom. The first-order chi connectivity index (χ1) is 9.76. The van der Waals surface area contributed by atoms with Gasteiger partial charge in [0.15, 0.2) is 11.5 Å². The van der Waals surface area contributed by atoms with Crippen molar-refractivity contribution in [1.82, 2.24) is 0 Å². The minimum Gasteiger partial charge on any atom is -0.489 e. The Balaban J connectivity index is 1.70. The molecule has 0 radical (unpaired) electrons. The van der Waals surface area contributed by atoms with Crippen molar-refractivity contribution in [3.05, 3.63) is 53.1 Å². The topological polar surface area (TPSA) is 44.8 Å². The van der Waals surface area contributed by atoms with Gasteiger partial charge in [0, 0.05) is 5.56 Å². The van der Waals surface area contributed by atoms with Crippen LogP contribution in [0.2, 0.25) is 0 Å². The first kappa shape index (κ1) is 12.5. The molecule has 0 spiro atoms. The van der Waals surface area contributed by atoms with Gasteiger partial charge in [0.05, 0.1) is 0 Å². The van der Waals surface area contributed by atoms with E-state index in [0.717, 1.165) is 34.7 Å². The van der Waals surface area contributed by atoms with Crippen LogP contribution in [0, 0.1) is 6.92 Å². The number of hydrogen-bond acceptors (Lipinski definition) is 4. The fourth-order valence-corrected chi connectivity index (χ4v) is 2.07. The largest absolute Gasteiger partial charge is 0.489 e. The molecule has 0 unspecified atom stereocenters. The number of fused-ring (bicyclic) bond motifs is 1. The number of aryl methyl sites for hydroxylation is 1. The molecule has 20 heavy (non-hydrogen) atoms. The molecule has 0 bridgehead atoms. The average molecular weight is 270 g/mol. The summed E-state index contributed by atoms with van der Waals surface area (Å²) in [7, 11) is 0. The standard InChI is InChI=1S/C16H14O4/c1-11-6-14(4-3-13(11)8-17)18-9-12-2-5-15-16(7-12)20-10-19-15/h2-8H,9-10H2,1H3. The third-order valence-electron chi connectivity index (χ3n) is 3.21. The molecule has 4 heteroatoms. The number of carbonyl (C=O) groups excluding carboxylic acids is 1. The molecule has 2 aromatic carbocycles. The Bertz CT molecular complexity index is 649. The lowest BCUT2D eigenvalue weighted by Gasteiger charge is -2.08. The average Bonchev–Trinajstić information content (AvgIpc) is 2.92. The van der Waals surface area contributed by atoms with Crippen LogP contribution in [0.1, 0.15) is 21.5 Å². The van der Waals surface area contributed by atoms with Gasteiger partial charge in [-0.25, -0.2) is 0 Å². The molecule has 0 saturated carbocycles. The van der Waals surface area contributed by atoms with Crippen LogP contribution in [0.3, 0.4) is 0 Å². The smallest absolute Gasteiger partial charge is 0.231 e. The van der Waals surface area contributed by atoms with Gasteiger partial charge in [0.1, 0.15) is 18.6 Å². The van der Waals surface area contributed by atoms with E-state index in [1.54, 1.807) is 12.1 Å². The summed E-state index contributed by atoms with van der Waals surface area (Å²) in [6, 6.07) is 11.1. The molecule has 0 aliphatic carbocycles. The summed E-state index contributed by atoms with van der Waals surface area (Å²) < 4.78 is 16.3. The first-order valence-electron chi connectivity index (χ1n) is 6.33. The van der Waals surface area contributed by atoms with Gasteiger partial charge < -0.3 is 14.2 Å². The van der Waals surface area contributed by atoms with E-state index in [0.29, 0.717) is 12.2 Å². The van der Waals surface area contributed by atoms with E-state index in [9.17, 15) is 4.79 Å². The zero-order valence-electron chi connectivity index (χ0n) is 11.1. The second kappa shape index (κ2) is 5.25. The van der Waals surface area contributed by atoms with Crippen LogP contribution in [0.5, 0.6) is 17.2 Å². The molecule has 2 aromatic rings. The molecular formula is C16H14O4. The van der Waals surface area contributed by atoms with Crippen molar-refractivity contribution >= 4 is 6.29 Å². The lowest BCUT2D eigenvalue weighted by atomic mass is 10.1. The molecule has 0 N–H and O–H groups in total. The number of aldehydes is 1. The molecule has 1 aliphatic rings. The van der Waals surface area contributed by atoms with Gasteiger partial charge in [-0.1, -0.05) is 6.07 Å². The highest BCUT2D eigenvalue weighted by molar-refractivity contribution is 5.77. The van der Waals surface area contributed by atoms with E-state index in [1.807, 2.05) is 31.2 Å². The second-order valence-corrected chi connectivity index (χ2v) is 4.61. The van der Waals surface area contributed by atoms with Crippen LogP contribution in [-0.4, -0.2) is 13.1 Å². The van der Waals surface area contributed by atoms with E-state index in [1.165, 1.54) is 0 Å². The van der Waals surface area contributed by atoms with Gasteiger partial charge in [0.25, 0.3) is 0 Å². The molecule has 0 aromatic heterocycles. The van der Waals surface area contributed by atoms with E-state index >= 15 is 0 Å². The Labute approximate surface area is 116 Å². The van der Waals surface area contributed by atoms with Crippen LogP contribution in [0.4, 0.5) is 0 Å². The second-order valence-electron chi connectivity index (χ2n) is 4.61. The van der Waals surface area contributed by atoms with Gasteiger partial charge in [-0.15, -0.1) is 0 Å². The summed E-state index contributed by atoms with van der Waals surface area (Å²) in [5.41, 5.74) is 2.59. The van der Waals surface area contributed by atoms with Crippen molar-refractivity contribution in [3.63, 3.8) is 0 Å². The van der Waals surface area contributed by atoms with Gasteiger partial charge in [-0.2, -0.15) is 0 Å². The molecule has 0 saturated heterocycles. The fourth-order valence-electron chi connectivity index (χ4n) is 2.07. The summed E-state index contributed by atoms with van der Waals surface area (Å²) in [6.07, 6.45) is 0.844. The zero-order valence-corrected chi connectivity index (χ0v) is 11.1. The van der Waals surface area contributed by atoms with Gasteiger partial charge in [-0.3, -0.25) is 4.79 Å². The maximum atomic E-state index is 10.8. The third kappa shape index (κ3) is 2.45. The highest BCUT2D eigenvalue weighted by Gasteiger charge is 2.13. The van der Waals surface area contributed by atoms with Crippen molar-refractivity contribution in [2.75, 3.05) is 6.79 Å². The molecule has 1 heterocycles. The first-order valence-corrected chi connectivity index (χ1v) is 6.33. The molecule has 0 amide bonds. The van der Waals surface area contributed by atoms with Crippen LogP contribution in [-0.2, 0) is 6.61 Å². The minimum absolute atomic E-state index is 0.270. The SMILES string of the molecule is Cc1cc(OCc2ccc3c(c2)OCO3)ccc1C=O. The van der Waals surface area contributed by atoms with E-state index < -0.39 is 0 Å². The van der Waals surface area contributed by atoms with Gasteiger partial charge in [0.2, 0.25) is 6.79 Å². The molecule has 3 rings (SSSR count). The highest BCUT2D eigenvalue weighted by atomic mass is 16.7. The molecule has 1 aliphatic heterocycles. The summed E-state index contributed by atoms with van der Waals surface area (Å²) >= 11 is 0. The molecule has 0 atom stereocenters. The van der Waals surface area contributed by atoms with Crippen LogP contribution in [0.15, 0.2) is 36.4 Å².